The highest BCUT2D eigenvalue weighted by Crippen LogP contribution is 2.30. The summed E-state index contributed by atoms with van der Waals surface area (Å²) in [6.45, 7) is 0. The van der Waals surface area contributed by atoms with Gasteiger partial charge in [-0.1, -0.05) is 54.7 Å². The number of imide groups is 1. The normalized spacial score (nSPS) is 13.5. The Bertz CT molecular complexity index is 678. The molecule has 1 aliphatic heterocycles. The van der Waals surface area contributed by atoms with Gasteiger partial charge in [-0.15, -0.1) is 0 Å². The lowest BCUT2D eigenvalue weighted by atomic mass is 10.1. The summed E-state index contributed by atoms with van der Waals surface area (Å²) >= 11 is 6.29. The summed E-state index contributed by atoms with van der Waals surface area (Å²) in [4.78, 5) is 24.4. The molecule has 0 atom stereocenters. The number of carbonyl (C=O) groups excluding carboxylic acids is 2. The molecule has 0 N–H and O–H groups in total. The van der Waals surface area contributed by atoms with Crippen molar-refractivity contribution in [1.82, 2.24) is 4.31 Å². The number of hydrogen-bond donors (Lipinski definition) is 0. The molecule has 98 valence electrons. The van der Waals surface area contributed by atoms with E-state index in [9.17, 15) is 9.59 Å². The molecule has 0 unspecified atom stereocenters. The first kappa shape index (κ1) is 13.0. The molecular weight excluding hydrogens is 290 g/mol. The van der Waals surface area contributed by atoms with E-state index in [1.54, 1.807) is 24.3 Å². The van der Waals surface area contributed by atoms with Gasteiger partial charge in [-0.3, -0.25) is 9.59 Å². The summed E-state index contributed by atoms with van der Waals surface area (Å²) in [5, 5.41) is 0. The fraction of sp³-hybridized carbons (Fsp3) is 0. The highest BCUT2D eigenvalue weighted by molar-refractivity contribution is 8.22. The van der Waals surface area contributed by atoms with E-state index in [4.69, 9.17) is 12.2 Å². The Kier molecular flexibility index (Phi) is 3.38. The van der Waals surface area contributed by atoms with Gasteiger partial charge in [0, 0.05) is 17.5 Å². The predicted octanol–water partition coefficient (Wildman–Crippen LogP) is 3.31. The minimum atomic E-state index is -0.311. The van der Waals surface area contributed by atoms with Gasteiger partial charge in [-0.2, -0.15) is 0 Å². The summed E-state index contributed by atoms with van der Waals surface area (Å²) in [6, 6.07) is 16.1. The second-order valence-electron chi connectivity index (χ2n) is 4.20. The van der Waals surface area contributed by atoms with E-state index in [1.807, 2.05) is 30.3 Å². The summed E-state index contributed by atoms with van der Waals surface area (Å²) in [5.74, 6) is -0.622. The number of nitrogens with zero attached hydrogens (tertiary/aromatic N) is 1. The molecule has 0 aromatic heterocycles. The zero-order valence-corrected chi connectivity index (χ0v) is 11.9. The van der Waals surface area contributed by atoms with Gasteiger partial charge in [0.2, 0.25) is 0 Å². The van der Waals surface area contributed by atoms with Gasteiger partial charge in [0.25, 0.3) is 11.8 Å². The molecule has 1 aliphatic rings. The molecule has 2 aromatic rings. The van der Waals surface area contributed by atoms with Gasteiger partial charge in [-0.05, 0) is 12.1 Å². The van der Waals surface area contributed by atoms with Crippen LogP contribution in [0.3, 0.4) is 0 Å². The maximum absolute atomic E-state index is 12.2. The van der Waals surface area contributed by atoms with E-state index in [1.165, 1.54) is 0 Å². The molecule has 2 amide bonds. The number of rotatable bonds is 2. The Balaban J connectivity index is 1.86. The lowest BCUT2D eigenvalue weighted by molar-refractivity contribution is 0.0778. The third-order valence-corrected chi connectivity index (χ3v) is 4.32. The van der Waals surface area contributed by atoms with Crippen LogP contribution in [-0.4, -0.2) is 20.3 Å². The van der Waals surface area contributed by atoms with E-state index in [0.717, 1.165) is 21.8 Å². The van der Waals surface area contributed by atoms with Crippen molar-refractivity contribution in [3.8, 4) is 0 Å². The van der Waals surface area contributed by atoms with Crippen molar-refractivity contribution in [2.75, 3.05) is 0 Å². The molecule has 3 nitrogen and oxygen atoms in total. The quantitative estimate of drug-likeness (QED) is 0.484. The highest BCUT2D eigenvalue weighted by Gasteiger charge is 2.36. The SMILES string of the molecule is O=C1c2ccccc2C(=O)N1SC(=S)c1ccccc1. The molecule has 0 spiro atoms. The van der Waals surface area contributed by atoms with Crippen molar-refractivity contribution in [3.63, 3.8) is 0 Å². The van der Waals surface area contributed by atoms with E-state index in [0.29, 0.717) is 15.3 Å². The number of amides is 2. The molecule has 0 aliphatic carbocycles. The lowest BCUT2D eigenvalue weighted by Crippen LogP contribution is -2.24. The Labute approximate surface area is 125 Å². The molecule has 0 saturated heterocycles. The number of fused-ring (bicyclic) bond motifs is 1. The van der Waals surface area contributed by atoms with Crippen LogP contribution in [-0.2, 0) is 0 Å². The first-order valence-electron chi connectivity index (χ1n) is 5.93. The van der Waals surface area contributed by atoms with Crippen LogP contribution in [0.5, 0.6) is 0 Å². The van der Waals surface area contributed by atoms with E-state index < -0.39 is 0 Å². The van der Waals surface area contributed by atoms with Crippen LogP contribution in [0, 0.1) is 0 Å². The van der Waals surface area contributed by atoms with Crippen LogP contribution in [0.2, 0.25) is 0 Å². The maximum Gasteiger partial charge on any atom is 0.272 e. The molecule has 0 saturated carbocycles. The molecule has 5 heteroatoms. The van der Waals surface area contributed by atoms with Crippen LogP contribution < -0.4 is 0 Å². The highest BCUT2D eigenvalue weighted by atomic mass is 32.2. The van der Waals surface area contributed by atoms with Crippen molar-refractivity contribution >= 4 is 40.2 Å². The average molecular weight is 299 g/mol. The van der Waals surface area contributed by atoms with Gasteiger partial charge in [0.1, 0.15) is 0 Å². The van der Waals surface area contributed by atoms with Gasteiger partial charge >= 0.3 is 0 Å². The van der Waals surface area contributed by atoms with Gasteiger partial charge in [-0.25, -0.2) is 4.31 Å². The summed E-state index contributed by atoms with van der Waals surface area (Å²) in [5.41, 5.74) is 1.69. The molecule has 20 heavy (non-hydrogen) atoms. The Morgan fingerprint density at radius 1 is 0.850 bits per heavy atom. The zero-order valence-electron chi connectivity index (χ0n) is 10.3. The van der Waals surface area contributed by atoms with Crippen LogP contribution >= 0.6 is 24.2 Å². The predicted molar refractivity (Wildman–Crippen MR) is 82.7 cm³/mol. The van der Waals surface area contributed by atoms with Crippen LogP contribution in [0.1, 0.15) is 26.3 Å². The van der Waals surface area contributed by atoms with Crippen molar-refractivity contribution in [2.45, 2.75) is 0 Å². The molecule has 3 rings (SSSR count). The monoisotopic (exact) mass is 299 g/mol. The minimum absolute atomic E-state index is 0.311. The van der Waals surface area contributed by atoms with Gasteiger partial charge < -0.3 is 0 Å². The second kappa shape index (κ2) is 5.19. The van der Waals surface area contributed by atoms with Crippen LogP contribution in [0.15, 0.2) is 54.6 Å². The van der Waals surface area contributed by atoms with Crippen molar-refractivity contribution < 1.29 is 9.59 Å². The van der Waals surface area contributed by atoms with Crippen molar-refractivity contribution in [2.24, 2.45) is 0 Å². The number of benzene rings is 2. The molecule has 0 radical (unpaired) electrons. The molecular formula is C15H9NO2S2. The lowest BCUT2D eigenvalue weighted by Gasteiger charge is -2.12. The van der Waals surface area contributed by atoms with E-state index in [-0.39, 0.29) is 11.8 Å². The van der Waals surface area contributed by atoms with E-state index >= 15 is 0 Å². The molecule has 0 bridgehead atoms. The van der Waals surface area contributed by atoms with Crippen LogP contribution in [0.25, 0.3) is 0 Å². The largest absolute Gasteiger partial charge is 0.272 e. The number of thiocarbonyl (C=S) groups is 1. The minimum Gasteiger partial charge on any atom is -0.268 e. The number of hydrogen-bond acceptors (Lipinski definition) is 4. The Morgan fingerprint density at radius 3 is 1.90 bits per heavy atom. The molecule has 1 heterocycles. The zero-order chi connectivity index (χ0) is 14.1. The maximum atomic E-state index is 12.2. The number of carbonyl (C=O) groups is 2. The van der Waals surface area contributed by atoms with Gasteiger partial charge in [0.15, 0.2) is 0 Å². The van der Waals surface area contributed by atoms with Crippen molar-refractivity contribution in [1.29, 1.82) is 0 Å². The average Bonchev–Trinajstić information content (AvgIpc) is 2.74. The first-order chi connectivity index (χ1) is 9.68. The van der Waals surface area contributed by atoms with Gasteiger partial charge in [0.05, 0.1) is 15.3 Å². The first-order valence-corrected chi connectivity index (χ1v) is 7.12. The van der Waals surface area contributed by atoms with Crippen LogP contribution in [0.4, 0.5) is 0 Å². The summed E-state index contributed by atoms with van der Waals surface area (Å²) < 4.78 is 1.63. The van der Waals surface area contributed by atoms with E-state index in [2.05, 4.69) is 0 Å². The Morgan fingerprint density at radius 2 is 1.35 bits per heavy atom. The Hall–Kier alpha value is -1.98. The second-order valence-corrected chi connectivity index (χ2v) is 5.82. The fourth-order valence-corrected chi connectivity index (χ4v) is 3.09. The summed E-state index contributed by atoms with van der Waals surface area (Å²) in [7, 11) is 0. The summed E-state index contributed by atoms with van der Waals surface area (Å²) in [6.07, 6.45) is 0. The topological polar surface area (TPSA) is 37.4 Å². The standard InChI is InChI=1S/C15H9NO2S2/c17-13-11-8-4-5-9-12(11)14(18)16(13)20-15(19)10-6-2-1-3-7-10/h1-9H. The molecule has 0 fully saturated rings. The molecule has 2 aromatic carbocycles. The van der Waals surface area contributed by atoms with Crippen molar-refractivity contribution in [3.05, 3.63) is 71.3 Å². The smallest absolute Gasteiger partial charge is 0.268 e. The third kappa shape index (κ3) is 2.15. The third-order valence-electron chi connectivity index (χ3n) is 2.94. The fourth-order valence-electron chi connectivity index (χ4n) is 1.96.